The van der Waals surface area contributed by atoms with Crippen molar-refractivity contribution in [2.24, 2.45) is 0 Å². The number of aromatic nitrogens is 1. The molecule has 86 valence electrons. The predicted molar refractivity (Wildman–Crippen MR) is 63.6 cm³/mol. The molecule has 0 bridgehead atoms. The second kappa shape index (κ2) is 5.16. The number of nitrogens with zero attached hydrogens (tertiary/aromatic N) is 2. The monoisotopic (exact) mass is 239 g/mol. The maximum absolute atomic E-state index is 11.7. The minimum Gasteiger partial charge on any atom is -0.375 e. The van der Waals surface area contributed by atoms with Crippen LogP contribution in [0.2, 0.25) is 5.02 Å². The zero-order chi connectivity index (χ0) is 11.4. The lowest BCUT2D eigenvalue weighted by molar-refractivity contribution is -0.128. The van der Waals surface area contributed by atoms with Gasteiger partial charge in [-0.2, -0.15) is 0 Å². The van der Waals surface area contributed by atoms with Gasteiger partial charge in [-0.15, -0.1) is 0 Å². The molecule has 0 saturated carbocycles. The van der Waals surface area contributed by atoms with Crippen LogP contribution in [0.5, 0.6) is 0 Å². The molecule has 1 N–H and O–H groups in total. The Kier molecular flexibility index (Phi) is 3.62. The van der Waals surface area contributed by atoms with E-state index < -0.39 is 0 Å². The molecule has 5 heteroatoms. The number of likely N-dealkylation sites (tertiary alicyclic amines) is 1. The summed E-state index contributed by atoms with van der Waals surface area (Å²) in [5, 5.41) is 3.57. The van der Waals surface area contributed by atoms with Gasteiger partial charge in [0.25, 0.3) is 0 Å². The summed E-state index contributed by atoms with van der Waals surface area (Å²) in [6.07, 6.45) is 5.43. The van der Waals surface area contributed by atoms with Crippen LogP contribution < -0.4 is 5.32 Å². The van der Waals surface area contributed by atoms with E-state index in [9.17, 15) is 4.79 Å². The summed E-state index contributed by atoms with van der Waals surface area (Å²) in [5.74, 6) is 0.130. The van der Waals surface area contributed by atoms with E-state index in [-0.39, 0.29) is 5.91 Å². The Morgan fingerprint density at radius 3 is 2.94 bits per heavy atom. The highest BCUT2D eigenvalue weighted by Crippen LogP contribution is 2.18. The van der Waals surface area contributed by atoms with Crippen molar-refractivity contribution in [1.82, 2.24) is 9.88 Å². The highest BCUT2D eigenvalue weighted by Gasteiger charge is 2.17. The van der Waals surface area contributed by atoms with Crippen molar-refractivity contribution in [3.63, 3.8) is 0 Å². The first kappa shape index (κ1) is 11.2. The molecule has 0 radical (unpaired) electrons. The van der Waals surface area contributed by atoms with Gasteiger partial charge in [0.15, 0.2) is 0 Å². The van der Waals surface area contributed by atoms with Crippen LogP contribution in [0.1, 0.15) is 12.8 Å². The van der Waals surface area contributed by atoms with Gasteiger partial charge in [0.1, 0.15) is 0 Å². The smallest absolute Gasteiger partial charge is 0.241 e. The number of pyridine rings is 1. The quantitative estimate of drug-likeness (QED) is 0.875. The third-order valence-electron chi connectivity index (χ3n) is 2.66. The van der Waals surface area contributed by atoms with Crippen molar-refractivity contribution >= 4 is 23.2 Å². The number of nitrogens with one attached hydrogen (secondary N) is 1. The van der Waals surface area contributed by atoms with Gasteiger partial charge < -0.3 is 10.2 Å². The van der Waals surface area contributed by atoms with Crippen LogP contribution >= 0.6 is 11.6 Å². The number of hydrogen-bond acceptors (Lipinski definition) is 3. The molecule has 0 spiro atoms. The number of anilines is 1. The Hall–Kier alpha value is -1.29. The highest BCUT2D eigenvalue weighted by atomic mass is 35.5. The fourth-order valence-corrected chi connectivity index (χ4v) is 1.95. The van der Waals surface area contributed by atoms with E-state index in [0.29, 0.717) is 11.6 Å². The fraction of sp³-hybridized carbons (Fsp3) is 0.455. The SMILES string of the molecule is O=C(CNc1ccncc1Cl)N1CCCC1. The first-order chi connectivity index (χ1) is 7.77. The molecule has 1 fully saturated rings. The minimum absolute atomic E-state index is 0.130. The summed E-state index contributed by atoms with van der Waals surface area (Å²) >= 11 is 5.92. The molecule has 16 heavy (non-hydrogen) atoms. The summed E-state index contributed by atoms with van der Waals surface area (Å²) in [6.45, 7) is 2.05. The van der Waals surface area contributed by atoms with Gasteiger partial charge in [-0.1, -0.05) is 11.6 Å². The Morgan fingerprint density at radius 1 is 1.50 bits per heavy atom. The zero-order valence-corrected chi connectivity index (χ0v) is 9.70. The van der Waals surface area contributed by atoms with Crippen molar-refractivity contribution in [3.05, 3.63) is 23.5 Å². The summed E-state index contributed by atoms with van der Waals surface area (Å²) in [4.78, 5) is 17.5. The van der Waals surface area contributed by atoms with Crippen LogP contribution in [0.25, 0.3) is 0 Å². The minimum atomic E-state index is 0.130. The van der Waals surface area contributed by atoms with Crippen LogP contribution in [0.15, 0.2) is 18.5 Å². The van der Waals surface area contributed by atoms with Crippen molar-refractivity contribution < 1.29 is 4.79 Å². The van der Waals surface area contributed by atoms with Crippen molar-refractivity contribution in [3.8, 4) is 0 Å². The van der Waals surface area contributed by atoms with Gasteiger partial charge >= 0.3 is 0 Å². The first-order valence-corrected chi connectivity index (χ1v) is 5.76. The average molecular weight is 240 g/mol. The molecule has 1 amide bonds. The second-order valence-electron chi connectivity index (χ2n) is 3.80. The van der Waals surface area contributed by atoms with Gasteiger partial charge in [0.2, 0.25) is 5.91 Å². The number of rotatable bonds is 3. The van der Waals surface area contributed by atoms with E-state index in [2.05, 4.69) is 10.3 Å². The maximum Gasteiger partial charge on any atom is 0.241 e. The van der Waals surface area contributed by atoms with Crippen molar-refractivity contribution in [1.29, 1.82) is 0 Å². The largest absolute Gasteiger partial charge is 0.375 e. The molecule has 2 rings (SSSR count). The Bertz CT molecular complexity index is 377. The molecule has 1 saturated heterocycles. The van der Waals surface area contributed by atoms with E-state index in [4.69, 9.17) is 11.6 Å². The molecule has 0 atom stereocenters. The molecule has 2 heterocycles. The molecular formula is C11H14ClN3O. The molecule has 1 aromatic rings. The molecule has 1 aromatic heterocycles. The maximum atomic E-state index is 11.7. The number of halogens is 1. The van der Waals surface area contributed by atoms with Gasteiger partial charge in [0.05, 0.1) is 17.3 Å². The summed E-state index contributed by atoms with van der Waals surface area (Å²) in [6, 6.07) is 1.76. The van der Waals surface area contributed by atoms with E-state index in [1.807, 2.05) is 4.90 Å². The fourth-order valence-electron chi connectivity index (χ4n) is 1.77. The molecular weight excluding hydrogens is 226 g/mol. The first-order valence-electron chi connectivity index (χ1n) is 5.38. The Morgan fingerprint density at radius 2 is 2.25 bits per heavy atom. The van der Waals surface area contributed by atoms with Gasteiger partial charge in [-0.3, -0.25) is 9.78 Å². The summed E-state index contributed by atoms with van der Waals surface area (Å²) in [5.41, 5.74) is 0.754. The lowest BCUT2D eigenvalue weighted by Crippen LogP contribution is -2.33. The molecule has 1 aliphatic heterocycles. The normalized spacial score (nSPS) is 15.2. The van der Waals surface area contributed by atoms with Crippen molar-refractivity contribution in [2.45, 2.75) is 12.8 Å². The van der Waals surface area contributed by atoms with E-state index in [0.717, 1.165) is 31.6 Å². The van der Waals surface area contributed by atoms with E-state index >= 15 is 0 Å². The standard InChI is InChI=1S/C11H14ClN3O/c12-9-7-13-4-3-10(9)14-8-11(16)15-5-1-2-6-15/h3-4,7H,1-2,5-6,8H2,(H,13,14). The van der Waals surface area contributed by atoms with Crippen LogP contribution in [-0.2, 0) is 4.79 Å². The van der Waals surface area contributed by atoms with E-state index in [1.165, 1.54) is 0 Å². The highest BCUT2D eigenvalue weighted by molar-refractivity contribution is 6.33. The number of carbonyl (C=O) groups is 1. The van der Waals surface area contributed by atoms with Crippen LogP contribution in [0.3, 0.4) is 0 Å². The third kappa shape index (κ3) is 2.64. The molecule has 4 nitrogen and oxygen atoms in total. The summed E-state index contributed by atoms with van der Waals surface area (Å²) in [7, 11) is 0. The number of hydrogen-bond donors (Lipinski definition) is 1. The Balaban J connectivity index is 1.87. The second-order valence-corrected chi connectivity index (χ2v) is 4.20. The summed E-state index contributed by atoms with van der Waals surface area (Å²) < 4.78 is 0. The molecule has 0 unspecified atom stereocenters. The molecule has 0 aliphatic carbocycles. The van der Waals surface area contributed by atoms with Crippen LogP contribution in [0.4, 0.5) is 5.69 Å². The zero-order valence-electron chi connectivity index (χ0n) is 8.95. The predicted octanol–water partition coefficient (Wildman–Crippen LogP) is 1.77. The van der Waals surface area contributed by atoms with Gasteiger partial charge in [0, 0.05) is 25.5 Å². The number of amides is 1. The van der Waals surface area contributed by atoms with E-state index in [1.54, 1.807) is 18.5 Å². The van der Waals surface area contributed by atoms with Gasteiger partial charge in [-0.05, 0) is 18.9 Å². The topological polar surface area (TPSA) is 45.2 Å². The lowest BCUT2D eigenvalue weighted by atomic mass is 10.4. The van der Waals surface area contributed by atoms with Crippen LogP contribution in [-0.4, -0.2) is 35.4 Å². The molecule has 0 aromatic carbocycles. The average Bonchev–Trinajstić information content (AvgIpc) is 2.81. The van der Waals surface area contributed by atoms with Crippen LogP contribution in [0, 0.1) is 0 Å². The third-order valence-corrected chi connectivity index (χ3v) is 2.96. The molecule has 1 aliphatic rings. The lowest BCUT2D eigenvalue weighted by Gasteiger charge is -2.16. The van der Waals surface area contributed by atoms with Gasteiger partial charge in [-0.25, -0.2) is 0 Å². The van der Waals surface area contributed by atoms with Crippen molar-refractivity contribution in [2.75, 3.05) is 25.0 Å². The number of carbonyl (C=O) groups excluding carboxylic acids is 1. The Labute approximate surface area is 99.6 Å².